The molecule has 0 aromatic rings. The molecule has 0 bridgehead atoms. The van der Waals surface area contributed by atoms with E-state index in [9.17, 15) is 20.1 Å². The van der Waals surface area contributed by atoms with Crippen molar-refractivity contribution in [3.63, 3.8) is 0 Å². The lowest BCUT2D eigenvalue weighted by atomic mass is 9.48. The highest BCUT2D eigenvalue weighted by Gasteiger charge is 2.73. The van der Waals surface area contributed by atoms with Crippen LogP contribution in [0.1, 0.15) is 46.5 Å². The first-order chi connectivity index (χ1) is 9.15. The van der Waals surface area contributed by atoms with Crippen LogP contribution in [-0.4, -0.2) is 44.7 Å². The van der Waals surface area contributed by atoms with E-state index in [0.717, 1.165) is 6.42 Å². The van der Waals surface area contributed by atoms with Gasteiger partial charge < -0.3 is 20.1 Å². The lowest BCUT2D eigenvalue weighted by Crippen LogP contribution is -2.76. The van der Waals surface area contributed by atoms with E-state index in [1.807, 2.05) is 6.92 Å². The topological polar surface area (TPSA) is 87.0 Å². The Kier molecular flexibility index (Phi) is 2.83. The Morgan fingerprint density at radius 1 is 1.20 bits per heavy atom. The van der Waals surface area contributed by atoms with E-state index in [2.05, 4.69) is 0 Å². The second-order valence-electron chi connectivity index (χ2n) is 7.36. The molecule has 7 atom stereocenters. The molecule has 0 spiro atoms. The van der Waals surface area contributed by atoms with Gasteiger partial charge in [-0.1, -0.05) is 13.8 Å². The molecule has 5 heteroatoms. The zero-order chi connectivity index (χ0) is 14.9. The summed E-state index contributed by atoms with van der Waals surface area (Å²) in [5.41, 5.74) is -3.81. The minimum absolute atomic E-state index is 0.0858. The van der Waals surface area contributed by atoms with Crippen LogP contribution in [0.3, 0.4) is 0 Å². The number of hydrogen-bond donors (Lipinski definition) is 3. The molecule has 0 amide bonds. The van der Waals surface area contributed by atoms with Crippen molar-refractivity contribution in [3.8, 4) is 0 Å². The third-order valence-corrected chi connectivity index (χ3v) is 6.39. The molecule has 3 fully saturated rings. The molecule has 3 rings (SSSR count). The van der Waals surface area contributed by atoms with Crippen molar-refractivity contribution in [3.05, 3.63) is 0 Å². The van der Waals surface area contributed by atoms with Gasteiger partial charge in [-0.25, -0.2) is 0 Å². The number of aliphatic hydroxyl groups excluding tert-OH is 1. The summed E-state index contributed by atoms with van der Waals surface area (Å²) in [7, 11) is 0. The summed E-state index contributed by atoms with van der Waals surface area (Å²) < 4.78 is 5.44. The van der Waals surface area contributed by atoms with E-state index in [4.69, 9.17) is 4.74 Å². The molecule has 20 heavy (non-hydrogen) atoms. The van der Waals surface area contributed by atoms with Crippen molar-refractivity contribution >= 4 is 5.97 Å². The number of aliphatic hydroxyl groups is 3. The second kappa shape index (κ2) is 3.96. The summed E-state index contributed by atoms with van der Waals surface area (Å²) in [5, 5.41) is 32.5. The molecule has 0 aromatic carbocycles. The molecule has 3 N–H and O–H groups in total. The lowest BCUT2D eigenvalue weighted by molar-refractivity contribution is -0.313. The van der Waals surface area contributed by atoms with Crippen molar-refractivity contribution in [2.75, 3.05) is 0 Å². The molecular weight excluding hydrogens is 260 g/mol. The van der Waals surface area contributed by atoms with Crippen LogP contribution in [0.25, 0.3) is 0 Å². The molecule has 1 aliphatic heterocycles. The van der Waals surface area contributed by atoms with Gasteiger partial charge in [0, 0.05) is 11.3 Å². The summed E-state index contributed by atoms with van der Waals surface area (Å²) >= 11 is 0. The number of fused-ring (bicyclic) bond motifs is 3. The smallest absolute Gasteiger partial charge is 0.309 e. The van der Waals surface area contributed by atoms with Gasteiger partial charge in [0.25, 0.3) is 0 Å². The normalized spacial score (nSPS) is 58.8. The molecule has 1 heterocycles. The number of rotatable bonds is 0. The van der Waals surface area contributed by atoms with E-state index in [-0.39, 0.29) is 17.8 Å². The standard InChI is InChI=1S/C15H24O5/c1-8-9-4-6-13(2)10(16)5-7-14(3,18)15(13,19)11(9)20-12(8)17/h8-11,16,18-19H,4-7H2,1-3H3/t8-,9-,10-,11-,13-,14-,15-/m0/s1. The third kappa shape index (κ3) is 1.41. The van der Waals surface area contributed by atoms with Crippen LogP contribution in [0.2, 0.25) is 0 Å². The van der Waals surface area contributed by atoms with E-state index in [0.29, 0.717) is 19.3 Å². The zero-order valence-corrected chi connectivity index (χ0v) is 12.3. The Balaban J connectivity index is 2.11. The van der Waals surface area contributed by atoms with Gasteiger partial charge in [-0.15, -0.1) is 0 Å². The number of carbonyl (C=O) groups excluding carboxylic acids is 1. The molecule has 2 aliphatic carbocycles. The first-order valence-corrected chi connectivity index (χ1v) is 7.48. The average Bonchev–Trinajstić information content (AvgIpc) is 2.67. The molecule has 2 saturated carbocycles. The number of ether oxygens (including phenoxy) is 1. The Morgan fingerprint density at radius 2 is 1.85 bits per heavy atom. The quantitative estimate of drug-likeness (QED) is 0.567. The molecule has 0 unspecified atom stereocenters. The highest BCUT2D eigenvalue weighted by molar-refractivity contribution is 5.75. The van der Waals surface area contributed by atoms with Crippen molar-refractivity contribution in [2.24, 2.45) is 17.3 Å². The summed E-state index contributed by atoms with van der Waals surface area (Å²) in [6, 6.07) is 0. The fourth-order valence-corrected chi connectivity index (χ4v) is 4.80. The van der Waals surface area contributed by atoms with E-state index < -0.39 is 28.8 Å². The van der Waals surface area contributed by atoms with Crippen molar-refractivity contribution < 1.29 is 24.9 Å². The lowest BCUT2D eigenvalue weighted by Gasteiger charge is -2.63. The zero-order valence-electron chi connectivity index (χ0n) is 12.3. The fraction of sp³-hybridized carbons (Fsp3) is 0.933. The van der Waals surface area contributed by atoms with Gasteiger partial charge in [0.2, 0.25) is 0 Å². The molecule has 0 aromatic heterocycles. The fourth-order valence-electron chi connectivity index (χ4n) is 4.80. The summed E-state index contributed by atoms with van der Waals surface area (Å²) in [6.45, 7) is 5.21. The first kappa shape index (κ1) is 14.3. The van der Waals surface area contributed by atoms with Crippen LogP contribution >= 0.6 is 0 Å². The maximum absolute atomic E-state index is 11.9. The predicted octanol–water partition coefficient (Wildman–Crippen LogP) is 0.601. The van der Waals surface area contributed by atoms with Gasteiger partial charge in [-0.05, 0) is 32.6 Å². The average molecular weight is 284 g/mol. The maximum Gasteiger partial charge on any atom is 0.309 e. The van der Waals surface area contributed by atoms with Crippen LogP contribution in [0.15, 0.2) is 0 Å². The van der Waals surface area contributed by atoms with Gasteiger partial charge >= 0.3 is 5.97 Å². The predicted molar refractivity (Wildman–Crippen MR) is 70.7 cm³/mol. The van der Waals surface area contributed by atoms with E-state index >= 15 is 0 Å². The van der Waals surface area contributed by atoms with E-state index in [1.54, 1.807) is 13.8 Å². The molecule has 3 aliphatic rings. The molecule has 5 nitrogen and oxygen atoms in total. The minimum atomic E-state index is -1.60. The molecular formula is C15H24O5. The number of hydrogen-bond acceptors (Lipinski definition) is 5. The van der Waals surface area contributed by atoms with Crippen molar-refractivity contribution in [2.45, 2.75) is 69.9 Å². The van der Waals surface area contributed by atoms with Gasteiger partial charge in [0.05, 0.1) is 17.6 Å². The van der Waals surface area contributed by atoms with Crippen LogP contribution in [0, 0.1) is 17.3 Å². The first-order valence-electron chi connectivity index (χ1n) is 7.48. The van der Waals surface area contributed by atoms with Gasteiger partial charge in [-0.2, -0.15) is 0 Å². The SMILES string of the molecule is C[C@@H]1C(=O)O[C@H]2[C@H]1CC[C@@]1(C)[C@@H](O)CC[C@](C)(O)[C@]21O. The molecule has 114 valence electrons. The van der Waals surface area contributed by atoms with Crippen LogP contribution in [0.4, 0.5) is 0 Å². The molecule has 0 radical (unpaired) electrons. The summed E-state index contributed by atoms with van der Waals surface area (Å²) in [4.78, 5) is 11.9. The monoisotopic (exact) mass is 284 g/mol. The third-order valence-electron chi connectivity index (χ3n) is 6.39. The largest absolute Gasteiger partial charge is 0.459 e. The van der Waals surface area contributed by atoms with E-state index in [1.165, 1.54) is 0 Å². The van der Waals surface area contributed by atoms with Gasteiger partial charge in [-0.3, -0.25) is 4.79 Å². The van der Waals surface area contributed by atoms with Crippen molar-refractivity contribution in [1.82, 2.24) is 0 Å². The Morgan fingerprint density at radius 3 is 2.50 bits per heavy atom. The Bertz CT molecular complexity index is 448. The molecule has 1 saturated heterocycles. The highest BCUT2D eigenvalue weighted by Crippen LogP contribution is 2.61. The maximum atomic E-state index is 11.9. The highest BCUT2D eigenvalue weighted by atomic mass is 16.6. The van der Waals surface area contributed by atoms with Crippen LogP contribution in [0.5, 0.6) is 0 Å². The van der Waals surface area contributed by atoms with Crippen molar-refractivity contribution in [1.29, 1.82) is 0 Å². The Hall–Kier alpha value is -0.650. The van der Waals surface area contributed by atoms with Crippen LogP contribution < -0.4 is 0 Å². The minimum Gasteiger partial charge on any atom is -0.459 e. The van der Waals surface area contributed by atoms with Gasteiger partial charge in [0.1, 0.15) is 11.7 Å². The van der Waals surface area contributed by atoms with Crippen LogP contribution in [-0.2, 0) is 9.53 Å². The summed E-state index contributed by atoms with van der Waals surface area (Å²) in [6.07, 6.45) is 0.645. The Labute approximate surface area is 118 Å². The second-order valence-corrected chi connectivity index (χ2v) is 7.36. The summed E-state index contributed by atoms with van der Waals surface area (Å²) in [5.74, 6) is -0.658. The van der Waals surface area contributed by atoms with Gasteiger partial charge in [0.15, 0.2) is 0 Å². The number of esters is 1. The number of carbonyl (C=O) groups is 1.